The fourth-order valence-electron chi connectivity index (χ4n) is 1.63. The zero-order chi connectivity index (χ0) is 9.26. The van der Waals surface area contributed by atoms with Crippen molar-refractivity contribution in [2.45, 2.75) is 12.2 Å². The molecule has 1 saturated heterocycles. The van der Waals surface area contributed by atoms with Gasteiger partial charge in [0, 0.05) is 13.1 Å². The van der Waals surface area contributed by atoms with Crippen LogP contribution in [0.4, 0.5) is 0 Å². The molecular formula is C8H16N4O. The quantitative estimate of drug-likeness (QED) is 0.526. The second kappa shape index (κ2) is 3.61. The summed E-state index contributed by atoms with van der Waals surface area (Å²) in [6.07, 6.45) is 0.109. The lowest BCUT2D eigenvalue weighted by Gasteiger charge is -2.35. The number of hydrogen-bond donors (Lipinski definition) is 2. The van der Waals surface area contributed by atoms with Crippen LogP contribution >= 0.6 is 0 Å². The van der Waals surface area contributed by atoms with Crippen LogP contribution in [0.15, 0.2) is 4.99 Å². The first kappa shape index (κ1) is 8.93. The van der Waals surface area contributed by atoms with Gasteiger partial charge in [0.2, 0.25) is 5.90 Å². The molecule has 2 aliphatic heterocycles. The SMILES string of the molecule is CN1CC(C2=NCCO2)NCC1N. The molecule has 2 rings (SSSR count). The number of nitrogens with two attached hydrogens (primary N) is 1. The van der Waals surface area contributed by atoms with Crippen LogP contribution in [0.2, 0.25) is 0 Å². The molecule has 0 amide bonds. The van der Waals surface area contributed by atoms with Crippen molar-refractivity contribution >= 4 is 5.90 Å². The molecule has 0 aromatic carbocycles. The first-order valence-corrected chi connectivity index (χ1v) is 4.64. The van der Waals surface area contributed by atoms with Crippen LogP contribution in [0.25, 0.3) is 0 Å². The third-order valence-electron chi connectivity index (χ3n) is 2.52. The van der Waals surface area contributed by atoms with E-state index in [1.165, 1.54) is 0 Å². The van der Waals surface area contributed by atoms with E-state index < -0.39 is 0 Å². The molecule has 0 aromatic heterocycles. The van der Waals surface area contributed by atoms with Gasteiger partial charge in [-0.2, -0.15) is 0 Å². The van der Waals surface area contributed by atoms with E-state index in [9.17, 15) is 0 Å². The van der Waals surface area contributed by atoms with E-state index in [1.807, 2.05) is 7.05 Å². The Bertz CT molecular complexity index is 218. The number of piperazine rings is 1. The monoisotopic (exact) mass is 184 g/mol. The molecule has 0 aliphatic carbocycles. The maximum absolute atomic E-state index is 5.82. The Morgan fingerprint density at radius 2 is 2.54 bits per heavy atom. The van der Waals surface area contributed by atoms with Crippen molar-refractivity contribution in [3.63, 3.8) is 0 Å². The number of rotatable bonds is 1. The maximum atomic E-state index is 5.82. The number of ether oxygens (including phenoxy) is 1. The normalized spacial score (nSPS) is 35.7. The first-order valence-electron chi connectivity index (χ1n) is 4.64. The molecule has 0 saturated carbocycles. The minimum Gasteiger partial charge on any atom is -0.478 e. The predicted octanol–water partition coefficient (Wildman–Crippen LogP) is -1.40. The van der Waals surface area contributed by atoms with E-state index in [-0.39, 0.29) is 12.2 Å². The van der Waals surface area contributed by atoms with Crippen LogP contribution < -0.4 is 11.1 Å². The summed E-state index contributed by atoms with van der Waals surface area (Å²) in [6, 6.07) is 0.229. The van der Waals surface area contributed by atoms with Crippen molar-refractivity contribution in [2.24, 2.45) is 10.7 Å². The zero-order valence-corrected chi connectivity index (χ0v) is 7.86. The Kier molecular flexibility index (Phi) is 2.48. The van der Waals surface area contributed by atoms with Crippen LogP contribution in [-0.2, 0) is 4.74 Å². The van der Waals surface area contributed by atoms with Gasteiger partial charge < -0.3 is 15.8 Å². The first-order chi connectivity index (χ1) is 6.27. The molecule has 3 N–H and O–H groups in total. The lowest BCUT2D eigenvalue weighted by molar-refractivity contribution is 0.177. The second-order valence-electron chi connectivity index (χ2n) is 3.54. The van der Waals surface area contributed by atoms with Crippen LogP contribution in [-0.4, -0.2) is 56.3 Å². The highest BCUT2D eigenvalue weighted by Gasteiger charge is 2.28. The summed E-state index contributed by atoms with van der Waals surface area (Å²) in [5, 5.41) is 3.32. The van der Waals surface area contributed by atoms with E-state index in [2.05, 4.69) is 15.2 Å². The van der Waals surface area contributed by atoms with Gasteiger partial charge >= 0.3 is 0 Å². The topological polar surface area (TPSA) is 62.9 Å². The average molecular weight is 184 g/mol. The lowest BCUT2D eigenvalue weighted by atomic mass is 10.2. The van der Waals surface area contributed by atoms with Crippen LogP contribution in [0, 0.1) is 0 Å². The van der Waals surface area contributed by atoms with Crippen molar-refractivity contribution in [1.29, 1.82) is 0 Å². The molecule has 0 radical (unpaired) electrons. The molecule has 2 unspecified atom stereocenters. The Balaban J connectivity index is 1.94. The van der Waals surface area contributed by atoms with Gasteiger partial charge in [-0.05, 0) is 7.05 Å². The molecular weight excluding hydrogens is 168 g/mol. The highest BCUT2D eigenvalue weighted by Crippen LogP contribution is 2.06. The van der Waals surface area contributed by atoms with Gasteiger partial charge in [0.15, 0.2) is 0 Å². The van der Waals surface area contributed by atoms with Gasteiger partial charge in [-0.3, -0.25) is 9.89 Å². The fourth-order valence-corrected chi connectivity index (χ4v) is 1.63. The molecule has 0 bridgehead atoms. The minimum atomic E-state index is 0.109. The summed E-state index contributed by atoms with van der Waals surface area (Å²) in [7, 11) is 2.02. The number of nitrogens with one attached hydrogen (secondary N) is 1. The lowest BCUT2D eigenvalue weighted by Crippen LogP contribution is -2.60. The number of nitrogens with zero attached hydrogens (tertiary/aromatic N) is 2. The zero-order valence-electron chi connectivity index (χ0n) is 7.86. The van der Waals surface area contributed by atoms with Crippen molar-refractivity contribution in [3.05, 3.63) is 0 Å². The van der Waals surface area contributed by atoms with Crippen LogP contribution in [0.5, 0.6) is 0 Å². The Labute approximate surface area is 77.9 Å². The third kappa shape index (κ3) is 1.82. The van der Waals surface area contributed by atoms with Crippen molar-refractivity contribution in [2.75, 3.05) is 33.3 Å². The number of aliphatic imine (C=N–C) groups is 1. The van der Waals surface area contributed by atoms with Gasteiger partial charge in [-0.25, -0.2) is 0 Å². The second-order valence-corrected chi connectivity index (χ2v) is 3.54. The maximum Gasteiger partial charge on any atom is 0.202 e. The molecule has 2 heterocycles. The molecule has 1 fully saturated rings. The summed E-state index contributed by atoms with van der Waals surface area (Å²) in [4.78, 5) is 6.40. The van der Waals surface area contributed by atoms with Gasteiger partial charge in [-0.1, -0.05) is 0 Å². The highest BCUT2D eigenvalue weighted by atomic mass is 16.5. The Morgan fingerprint density at radius 1 is 1.69 bits per heavy atom. The minimum absolute atomic E-state index is 0.109. The summed E-state index contributed by atoms with van der Waals surface area (Å²) in [5.74, 6) is 0.846. The molecule has 2 atom stereocenters. The molecule has 74 valence electrons. The standard InChI is InChI=1S/C8H16N4O/c1-12-5-6(11-4-7(12)9)8-10-2-3-13-8/h6-7,11H,2-5,9H2,1H3. The number of likely N-dealkylation sites (N-methyl/N-ethyl adjacent to an activating group) is 1. The Morgan fingerprint density at radius 3 is 3.15 bits per heavy atom. The summed E-state index contributed by atoms with van der Waals surface area (Å²) >= 11 is 0. The predicted molar refractivity (Wildman–Crippen MR) is 50.7 cm³/mol. The van der Waals surface area contributed by atoms with Gasteiger partial charge in [0.05, 0.1) is 18.8 Å². The van der Waals surface area contributed by atoms with Gasteiger partial charge in [0.1, 0.15) is 6.61 Å². The van der Waals surface area contributed by atoms with Crippen LogP contribution in [0.1, 0.15) is 0 Å². The molecule has 0 aromatic rings. The Hall–Kier alpha value is -0.650. The highest BCUT2D eigenvalue weighted by molar-refractivity contribution is 5.83. The molecule has 0 spiro atoms. The average Bonchev–Trinajstić information content (AvgIpc) is 2.62. The van der Waals surface area contributed by atoms with Crippen molar-refractivity contribution in [1.82, 2.24) is 10.2 Å². The van der Waals surface area contributed by atoms with E-state index in [0.29, 0.717) is 0 Å². The largest absolute Gasteiger partial charge is 0.478 e. The van der Waals surface area contributed by atoms with E-state index in [0.717, 1.165) is 32.1 Å². The van der Waals surface area contributed by atoms with Gasteiger partial charge in [0.25, 0.3) is 0 Å². The number of hydrogen-bond acceptors (Lipinski definition) is 5. The van der Waals surface area contributed by atoms with Crippen molar-refractivity contribution < 1.29 is 4.74 Å². The smallest absolute Gasteiger partial charge is 0.202 e. The van der Waals surface area contributed by atoms with E-state index in [1.54, 1.807) is 0 Å². The van der Waals surface area contributed by atoms with E-state index in [4.69, 9.17) is 10.5 Å². The summed E-state index contributed by atoms with van der Waals surface area (Å²) in [5.41, 5.74) is 5.82. The fraction of sp³-hybridized carbons (Fsp3) is 0.875. The van der Waals surface area contributed by atoms with E-state index >= 15 is 0 Å². The molecule has 2 aliphatic rings. The van der Waals surface area contributed by atoms with Gasteiger partial charge in [-0.15, -0.1) is 0 Å². The third-order valence-corrected chi connectivity index (χ3v) is 2.52. The molecule has 5 heteroatoms. The van der Waals surface area contributed by atoms with Crippen molar-refractivity contribution in [3.8, 4) is 0 Å². The summed E-state index contributed by atoms with van der Waals surface area (Å²) < 4.78 is 5.40. The summed E-state index contributed by atoms with van der Waals surface area (Å²) in [6.45, 7) is 3.19. The van der Waals surface area contributed by atoms with Crippen LogP contribution in [0.3, 0.4) is 0 Å². The molecule has 5 nitrogen and oxygen atoms in total. The molecule has 13 heavy (non-hydrogen) atoms.